The van der Waals surface area contributed by atoms with Crippen LogP contribution in [0.3, 0.4) is 0 Å². The van der Waals surface area contributed by atoms with Gasteiger partial charge in [0.15, 0.2) is 0 Å². The van der Waals surface area contributed by atoms with Gasteiger partial charge in [0, 0.05) is 10.6 Å². The number of benzene rings is 2. The Morgan fingerprint density at radius 2 is 1.89 bits per heavy atom. The summed E-state index contributed by atoms with van der Waals surface area (Å²) in [6.07, 6.45) is 0. The quantitative estimate of drug-likeness (QED) is 0.760. The van der Waals surface area contributed by atoms with E-state index in [0.717, 1.165) is 22.4 Å². The summed E-state index contributed by atoms with van der Waals surface area (Å²) in [4.78, 5) is 14.9. The van der Waals surface area contributed by atoms with Gasteiger partial charge in [0.2, 0.25) is 0 Å². The summed E-state index contributed by atoms with van der Waals surface area (Å²) in [7, 11) is 0. The second-order valence-electron chi connectivity index (χ2n) is 6.67. The van der Waals surface area contributed by atoms with Crippen molar-refractivity contribution in [2.45, 2.75) is 19.6 Å². The molecule has 0 bridgehead atoms. The number of rotatable bonds is 4. The average Bonchev–Trinajstić information content (AvgIpc) is 3.18. The first-order valence-electron chi connectivity index (χ1n) is 8.72. The zero-order valence-corrected chi connectivity index (χ0v) is 16.6. The molecule has 0 atom stereocenters. The van der Waals surface area contributed by atoms with E-state index < -0.39 is 5.79 Å². The van der Waals surface area contributed by atoms with Crippen LogP contribution >= 0.6 is 23.2 Å². The first-order valence-corrected chi connectivity index (χ1v) is 9.47. The fraction of sp³-hybridized carbons (Fsp3) is 0.350. The highest BCUT2D eigenvalue weighted by molar-refractivity contribution is 6.35. The van der Waals surface area contributed by atoms with Gasteiger partial charge in [0.1, 0.15) is 12.4 Å². The molecular formula is C20H19Cl2NO4. The van der Waals surface area contributed by atoms with Crippen molar-refractivity contribution >= 4 is 34.8 Å². The maximum Gasteiger partial charge on any atom is 0.292 e. The molecule has 2 aliphatic heterocycles. The van der Waals surface area contributed by atoms with Gasteiger partial charge in [-0.05, 0) is 43.7 Å². The molecule has 1 fully saturated rings. The molecule has 142 valence electrons. The summed E-state index contributed by atoms with van der Waals surface area (Å²) in [5, 5.41) is 0.973. The Kier molecular flexibility index (Phi) is 4.80. The van der Waals surface area contributed by atoms with Gasteiger partial charge in [-0.15, -0.1) is 0 Å². The van der Waals surface area contributed by atoms with Gasteiger partial charge in [-0.2, -0.15) is 0 Å². The molecule has 1 saturated heterocycles. The summed E-state index contributed by atoms with van der Waals surface area (Å²) in [6.45, 7) is 5.39. The number of fused-ring (bicyclic) bond motifs is 2. The van der Waals surface area contributed by atoms with Crippen LogP contribution in [0.2, 0.25) is 10.0 Å². The molecule has 27 heavy (non-hydrogen) atoms. The molecule has 7 heteroatoms. The van der Waals surface area contributed by atoms with Gasteiger partial charge in [0.05, 0.1) is 30.5 Å². The highest BCUT2D eigenvalue weighted by atomic mass is 35.5. The van der Waals surface area contributed by atoms with E-state index in [4.69, 9.17) is 37.4 Å². The van der Waals surface area contributed by atoms with E-state index in [1.54, 1.807) is 23.1 Å². The SMILES string of the molecule is Cc1cc(C)c2c(c1)C1(OCCO1)C(=O)N2CCOc1ccc(Cl)cc1Cl. The molecule has 2 aliphatic rings. The van der Waals surface area contributed by atoms with Crippen molar-refractivity contribution in [2.75, 3.05) is 31.3 Å². The average molecular weight is 408 g/mol. The van der Waals surface area contributed by atoms with E-state index in [1.807, 2.05) is 26.0 Å². The highest BCUT2D eigenvalue weighted by Crippen LogP contribution is 2.47. The van der Waals surface area contributed by atoms with Crippen LogP contribution in [0, 0.1) is 13.8 Å². The normalized spacial score (nSPS) is 17.6. The summed E-state index contributed by atoms with van der Waals surface area (Å²) >= 11 is 12.1. The van der Waals surface area contributed by atoms with E-state index in [2.05, 4.69) is 0 Å². The van der Waals surface area contributed by atoms with Crippen LogP contribution in [0.1, 0.15) is 16.7 Å². The predicted molar refractivity (Wildman–Crippen MR) is 104 cm³/mol. The number of nitrogens with zero attached hydrogens (tertiary/aromatic N) is 1. The van der Waals surface area contributed by atoms with Crippen LogP contribution in [0.25, 0.3) is 0 Å². The molecule has 2 heterocycles. The Hall–Kier alpha value is -1.79. The number of carbonyl (C=O) groups is 1. The molecule has 5 nitrogen and oxygen atoms in total. The minimum absolute atomic E-state index is 0.213. The second-order valence-corrected chi connectivity index (χ2v) is 7.52. The number of halogens is 2. The number of amides is 1. The standard InChI is InChI=1S/C20H19Cl2NO4/c1-12-9-13(2)18-15(10-12)20(26-7-8-27-20)19(24)23(18)5-6-25-17-4-3-14(21)11-16(17)22/h3-4,9-11H,5-8H2,1-2H3. The molecule has 0 aliphatic carbocycles. The van der Waals surface area contributed by atoms with Crippen molar-refractivity contribution < 1.29 is 19.0 Å². The predicted octanol–water partition coefficient (Wildman–Crippen LogP) is 4.24. The van der Waals surface area contributed by atoms with Gasteiger partial charge in [-0.1, -0.05) is 34.8 Å². The maximum absolute atomic E-state index is 13.2. The number of carbonyl (C=O) groups excluding carboxylic acids is 1. The fourth-order valence-electron chi connectivity index (χ4n) is 3.71. The third-order valence-corrected chi connectivity index (χ3v) is 5.29. The topological polar surface area (TPSA) is 48.0 Å². The molecule has 2 aromatic carbocycles. The van der Waals surface area contributed by atoms with Crippen molar-refractivity contribution in [2.24, 2.45) is 0 Å². The van der Waals surface area contributed by atoms with Crippen LogP contribution in [0.5, 0.6) is 5.75 Å². The lowest BCUT2D eigenvalue weighted by Crippen LogP contribution is -2.42. The number of aryl methyl sites for hydroxylation is 2. The molecule has 0 aromatic heterocycles. The summed E-state index contributed by atoms with van der Waals surface area (Å²) in [5.74, 6) is -1.02. The second kappa shape index (κ2) is 6.99. The van der Waals surface area contributed by atoms with Crippen molar-refractivity contribution in [3.8, 4) is 5.75 Å². The van der Waals surface area contributed by atoms with E-state index >= 15 is 0 Å². The van der Waals surface area contributed by atoms with Crippen LogP contribution in [-0.4, -0.2) is 32.3 Å². The Labute approximate surface area is 167 Å². The molecule has 2 aromatic rings. The summed E-state index contributed by atoms with van der Waals surface area (Å²) < 4.78 is 17.3. The molecule has 0 radical (unpaired) electrons. The fourth-order valence-corrected chi connectivity index (χ4v) is 4.17. The third-order valence-electron chi connectivity index (χ3n) is 4.76. The lowest BCUT2D eigenvalue weighted by atomic mass is 10.0. The number of hydrogen-bond donors (Lipinski definition) is 0. The van der Waals surface area contributed by atoms with Gasteiger partial charge in [0.25, 0.3) is 11.7 Å². The van der Waals surface area contributed by atoms with E-state index in [1.165, 1.54) is 0 Å². The van der Waals surface area contributed by atoms with Gasteiger partial charge in [-0.3, -0.25) is 4.79 Å². The third kappa shape index (κ3) is 3.09. The Morgan fingerprint density at radius 3 is 2.59 bits per heavy atom. The van der Waals surface area contributed by atoms with Crippen molar-refractivity contribution in [3.63, 3.8) is 0 Å². The van der Waals surface area contributed by atoms with Crippen LogP contribution in [0.4, 0.5) is 5.69 Å². The molecule has 1 amide bonds. The molecule has 0 saturated carbocycles. The summed E-state index contributed by atoms with van der Waals surface area (Å²) in [6, 6.07) is 9.05. The number of anilines is 1. The van der Waals surface area contributed by atoms with Crippen LogP contribution < -0.4 is 9.64 Å². The molecule has 0 N–H and O–H groups in total. The summed E-state index contributed by atoms with van der Waals surface area (Å²) in [5.41, 5.74) is 3.66. The first kappa shape index (κ1) is 18.6. The maximum atomic E-state index is 13.2. The molecular weight excluding hydrogens is 389 g/mol. The van der Waals surface area contributed by atoms with E-state index in [9.17, 15) is 4.79 Å². The monoisotopic (exact) mass is 407 g/mol. The minimum atomic E-state index is -1.33. The van der Waals surface area contributed by atoms with Crippen LogP contribution in [-0.2, 0) is 20.1 Å². The van der Waals surface area contributed by atoms with Gasteiger partial charge in [-0.25, -0.2) is 0 Å². The molecule has 1 spiro atoms. The zero-order chi connectivity index (χ0) is 19.2. The van der Waals surface area contributed by atoms with Gasteiger partial charge >= 0.3 is 0 Å². The van der Waals surface area contributed by atoms with E-state index in [-0.39, 0.29) is 12.5 Å². The Morgan fingerprint density at radius 1 is 1.15 bits per heavy atom. The van der Waals surface area contributed by atoms with Crippen molar-refractivity contribution in [1.82, 2.24) is 0 Å². The van der Waals surface area contributed by atoms with Crippen LogP contribution in [0.15, 0.2) is 30.3 Å². The Balaban J connectivity index is 1.59. The minimum Gasteiger partial charge on any atom is -0.490 e. The first-order chi connectivity index (χ1) is 12.9. The smallest absolute Gasteiger partial charge is 0.292 e. The van der Waals surface area contributed by atoms with Crippen molar-refractivity contribution in [1.29, 1.82) is 0 Å². The van der Waals surface area contributed by atoms with E-state index in [0.29, 0.717) is 35.6 Å². The number of ether oxygens (including phenoxy) is 3. The number of hydrogen-bond acceptors (Lipinski definition) is 4. The zero-order valence-electron chi connectivity index (χ0n) is 15.1. The lowest BCUT2D eigenvalue weighted by Gasteiger charge is -2.22. The molecule has 0 unspecified atom stereocenters. The lowest BCUT2D eigenvalue weighted by molar-refractivity contribution is -0.180. The highest BCUT2D eigenvalue weighted by Gasteiger charge is 2.56. The van der Waals surface area contributed by atoms with Crippen molar-refractivity contribution in [3.05, 3.63) is 57.1 Å². The largest absolute Gasteiger partial charge is 0.490 e. The molecule has 4 rings (SSSR count). The Bertz CT molecular complexity index is 909. The van der Waals surface area contributed by atoms with Gasteiger partial charge < -0.3 is 19.1 Å².